The number of nitrogens with zero attached hydrogens (tertiary/aromatic N) is 1. The van der Waals surface area contributed by atoms with Gasteiger partial charge in [0.2, 0.25) is 0 Å². The maximum Gasteiger partial charge on any atom is 0.347 e. The molecule has 0 saturated heterocycles. The molecule has 0 unspecified atom stereocenters. The minimum Gasteiger partial charge on any atom is -0.477 e. The first-order chi connectivity index (χ1) is 8.15. The van der Waals surface area contributed by atoms with E-state index in [9.17, 15) is 4.79 Å². The Morgan fingerprint density at radius 3 is 2.82 bits per heavy atom. The summed E-state index contributed by atoms with van der Waals surface area (Å²) in [4.78, 5) is 15.9. The van der Waals surface area contributed by atoms with E-state index < -0.39 is 5.97 Å². The van der Waals surface area contributed by atoms with Gasteiger partial charge in [-0.3, -0.25) is 0 Å². The Hall–Kier alpha value is -1.62. The van der Waals surface area contributed by atoms with Crippen LogP contribution in [0, 0.1) is 6.92 Å². The van der Waals surface area contributed by atoms with E-state index in [-0.39, 0.29) is 0 Å². The predicted molar refractivity (Wildman–Crippen MR) is 63.5 cm³/mol. The molecule has 2 heterocycles. The van der Waals surface area contributed by atoms with Gasteiger partial charge in [0.15, 0.2) is 10.8 Å². The van der Waals surface area contributed by atoms with E-state index in [0.717, 1.165) is 24.3 Å². The molecule has 0 bridgehead atoms. The lowest BCUT2D eigenvalue weighted by Gasteiger charge is -1.91. The van der Waals surface area contributed by atoms with Crippen molar-refractivity contribution in [2.75, 3.05) is 0 Å². The second kappa shape index (κ2) is 3.70. The Labute approximate surface area is 102 Å². The van der Waals surface area contributed by atoms with Gasteiger partial charge in [-0.05, 0) is 31.9 Å². The fourth-order valence-electron chi connectivity index (χ4n) is 1.77. The zero-order valence-corrected chi connectivity index (χ0v) is 10.1. The van der Waals surface area contributed by atoms with Crippen LogP contribution in [-0.4, -0.2) is 16.1 Å². The summed E-state index contributed by atoms with van der Waals surface area (Å²) in [5, 5.41) is 9.81. The molecule has 1 aliphatic carbocycles. The monoisotopic (exact) mass is 249 g/mol. The highest BCUT2D eigenvalue weighted by Gasteiger charge is 2.32. The van der Waals surface area contributed by atoms with Gasteiger partial charge in [-0.25, -0.2) is 9.78 Å². The van der Waals surface area contributed by atoms with Crippen LogP contribution in [0.2, 0.25) is 0 Å². The largest absolute Gasteiger partial charge is 0.477 e. The number of carbonyl (C=O) groups is 1. The first kappa shape index (κ1) is 10.5. The van der Waals surface area contributed by atoms with Gasteiger partial charge in [-0.1, -0.05) is 0 Å². The van der Waals surface area contributed by atoms with Crippen molar-refractivity contribution in [2.24, 2.45) is 0 Å². The lowest BCUT2D eigenvalue weighted by atomic mass is 10.2. The molecule has 1 N–H and O–H groups in total. The van der Waals surface area contributed by atoms with Crippen molar-refractivity contribution in [3.05, 3.63) is 28.5 Å². The SMILES string of the molecule is Cc1ccc(-c2nc(C3CC3)c(C(=O)O)s2)o1. The van der Waals surface area contributed by atoms with E-state index in [2.05, 4.69) is 4.98 Å². The molecule has 1 fully saturated rings. The number of aromatic nitrogens is 1. The first-order valence-corrected chi connectivity index (χ1v) is 6.27. The highest BCUT2D eigenvalue weighted by molar-refractivity contribution is 7.17. The van der Waals surface area contributed by atoms with E-state index in [0.29, 0.717) is 21.6 Å². The molecule has 3 rings (SSSR count). The van der Waals surface area contributed by atoms with Crippen molar-refractivity contribution >= 4 is 17.3 Å². The van der Waals surface area contributed by atoms with Crippen LogP contribution in [0.15, 0.2) is 16.5 Å². The predicted octanol–water partition coefficient (Wildman–Crippen LogP) is 3.29. The maximum atomic E-state index is 11.1. The number of carboxylic acids is 1. The molecule has 1 saturated carbocycles. The van der Waals surface area contributed by atoms with Crippen molar-refractivity contribution in [3.8, 4) is 10.8 Å². The lowest BCUT2D eigenvalue weighted by Crippen LogP contribution is -1.97. The van der Waals surface area contributed by atoms with Gasteiger partial charge in [0.25, 0.3) is 0 Å². The van der Waals surface area contributed by atoms with Crippen molar-refractivity contribution in [1.82, 2.24) is 4.98 Å². The number of hydrogen-bond donors (Lipinski definition) is 1. The van der Waals surface area contributed by atoms with Crippen LogP contribution >= 0.6 is 11.3 Å². The molecule has 0 atom stereocenters. The minimum atomic E-state index is -0.890. The van der Waals surface area contributed by atoms with Crippen LogP contribution in [0.1, 0.15) is 39.9 Å². The summed E-state index contributed by atoms with van der Waals surface area (Å²) >= 11 is 1.20. The lowest BCUT2D eigenvalue weighted by molar-refractivity contribution is 0.0700. The number of thiazole rings is 1. The molecule has 5 heteroatoms. The summed E-state index contributed by atoms with van der Waals surface area (Å²) in [6, 6.07) is 3.68. The Kier molecular flexibility index (Phi) is 2.29. The third-order valence-electron chi connectivity index (χ3n) is 2.76. The van der Waals surface area contributed by atoms with Gasteiger partial charge in [-0.15, -0.1) is 11.3 Å². The highest BCUT2D eigenvalue weighted by atomic mass is 32.1. The number of aromatic carboxylic acids is 1. The summed E-state index contributed by atoms with van der Waals surface area (Å²) in [5.74, 6) is 0.906. The number of furan rings is 1. The molecule has 0 aromatic carbocycles. The number of hydrogen-bond acceptors (Lipinski definition) is 4. The van der Waals surface area contributed by atoms with Crippen molar-refractivity contribution in [2.45, 2.75) is 25.7 Å². The van der Waals surface area contributed by atoms with Crippen molar-refractivity contribution in [1.29, 1.82) is 0 Å². The van der Waals surface area contributed by atoms with Gasteiger partial charge < -0.3 is 9.52 Å². The molecular formula is C12H11NO3S. The van der Waals surface area contributed by atoms with Crippen LogP contribution in [0.5, 0.6) is 0 Å². The van der Waals surface area contributed by atoms with E-state index in [1.54, 1.807) is 0 Å². The highest BCUT2D eigenvalue weighted by Crippen LogP contribution is 2.44. The average molecular weight is 249 g/mol. The molecule has 0 radical (unpaired) electrons. The van der Waals surface area contributed by atoms with Gasteiger partial charge >= 0.3 is 5.97 Å². The van der Waals surface area contributed by atoms with Gasteiger partial charge in [-0.2, -0.15) is 0 Å². The van der Waals surface area contributed by atoms with Crippen LogP contribution in [0.25, 0.3) is 10.8 Å². The van der Waals surface area contributed by atoms with Crippen LogP contribution in [0.3, 0.4) is 0 Å². The molecule has 2 aromatic rings. The van der Waals surface area contributed by atoms with E-state index in [4.69, 9.17) is 9.52 Å². The second-order valence-corrected chi connectivity index (χ2v) is 5.22. The summed E-state index contributed by atoms with van der Waals surface area (Å²) in [6.07, 6.45) is 2.08. The van der Waals surface area contributed by atoms with Crippen LogP contribution < -0.4 is 0 Å². The summed E-state index contributed by atoms with van der Waals surface area (Å²) in [6.45, 7) is 1.86. The molecule has 4 nitrogen and oxygen atoms in total. The van der Waals surface area contributed by atoms with Crippen LogP contribution in [-0.2, 0) is 0 Å². The van der Waals surface area contributed by atoms with E-state index >= 15 is 0 Å². The van der Waals surface area contributed by atoms with E-state index in [1.165, 1.54) is 11.3 Å². The fourth-order valence-corrected chi connectivity index (χ4v) is 2.73. The Bertz CT molecular complexity index is 580. The molecule has 1 aliphatic rings. The Morgan fingerprint density at radius 1 is 1.53 bits per heavy atom. The Morgan fingerprint density at radius 2 is 2.29 bits per heavy atom. The third-order valence-corrected chi connectivity index (χ3v) is 3.84. The number of rotatable bonds is 3. The van der Waals surface area contributed by atoms with Crippen molar-refractivity contribution in [3.63, 3.8) is 0 Å². The van der Waals surface area contributed by atoms with Gasteiger partial charge in [0, 0.05) is 5.92 Å². The zero-order valence-electron chi connectivity index (χ0n) is 9.27. The molecule has 0 amide bonds. The average Bonchev–Trinajstić information content (AvgIpc) is 2.87. The molecule has 17 heavy (non-hydrogen) atoms. The molecular weight excluding hydrogens is 238 g/mol. The molecule has 88 valence electrons. The normalized spacial score (nSPS) is 15.1. The quantitative estimate of drug-likeness (QED) is 0.906. The van der Waals surface area contributed by atoms with E-state index in [1.807, 2.05) is 19.1 Å². The molecule has 0 aliphatic heterocycles. The fraction of sp³-hybridized carbons (Fsp3) is 0.333. The number of carboxylic acid groups (broad SMARTS) is 1. The summed E-state index contributed by atoms with van der Waals surface area (Å²) in [5.41, 5.74) is 0.728. The second-order valence-electron chi connectivity index (χ2n) is 4.22. The van der Waals surface area contributed by atoms with Gasteiger partial charge in [0.1, 0.15) is 10.6 Å². The molecule has 0 spiro atoms. The maximum absolute atomic E-state index is 11.1. The molecule has 2 aromatic heterocycles. The smallest absolute Gasteiger partial charge is 0.347 e. The standard InChI is InChI=1S/C12H11NO3S/c1-6-2-5-8(16-6)11-13-9(7-3-4-7)10(17-11)12(14)15/h2,5,7H,3-4H2,1H3,(H,14,15). The Balaban J connectivity index is 2.06. The summed E-state index contributed by atoms with van der Waals surface area (Å²) < 4.78 is 5.47. The first-order valence-electron chi connectivity index (χ1n) is 5.46. The van der Waals surface area contributed by atoms with Crippen molar-refractivity contribution < 1.29 is 14.3 Å². The minimum absolute atomic E-state index is 0.335. The number of aryl methyl sites for hydroxylation is 1. The topological polar surface area (TPSA) is 63.3 Å². The van der Waals surface area contributed by atoms with Crippen LogP contribution in [0.4, 0.5) is 0 Å². The third kappa shape index (κ3) is 1.86. The zero-order chi connectivity index (χ0) is 12.0. The summed E-state index contributed by atoms with van der Waals surface area (Å²) in [7, 11) is 0. The van der Waals surface area contributed by atoms with Gasteiger partial charge in [0.05, 0.1) is 5.69 Å².